The third-order valence-corrected chi connectivity index (χ3v) is 2.53. The first kappa shape index (κ1) is 5.27. The van der Waals surface area contributed by atoms with Crippen molar-refractivity contribution in [2.45, 2.75) is 19.3 Å². The zero-order valence-corrected chi connectivity index (χ0v) is 5.39. The van der Waals surface area contributed by atoms with Gasteiger partial charge in [0.15, 0.2) is 0 Å². The van der Waals surface area contributed by atoms with Gasteiger partial charge in [0.2, 0.25) is 5.91 Å². The van der Waals surface area contributed by atoms with Crippen molar-refractivity contribution in [1.29, 1.82) is 0 Å². The number of fused-ring (bicyclic) bond motifs is 1. The molecule has 1 saturated heterocycles. The van der Waals surface area contributed by atoms with Crippen molar-refractivity contribution in [3.63, 3.8) is 0 Å². The van der Waals surface area contributed by atoms with Crippen LogP contribution in [0.2, 0.25) is 0 Å². The first-order valence-corrected chi connectivity index (χ1v) is 3.65. The Hall–Kier alpha value is -0.530. The summed E-state index contributed by atoms with van der Waals surface area (Å²) in [6.07, 6.45) is 3.67. The van der Waals surface area contributed by atoms with Gasteiger partial charge in [-0.2, -0.15) is 0 Å². The van der Waals surface area contributed by atoms with Crippen LogP contribution in [0.25, 0.3) is 0 Å². The number of hydrogen-bond acceptors (Lipinski definition) is 1. The fraction of sp³-hybridized carbons (Fsp3) is 0.857. The van der Waals surface area contributed by atoms with Crippen LogP contribution in [0, 0.1) is 11.8 Å². The van der Waals surface area contributed by atoms with E-state index < -0.39 is 0 Å². The summed E-state index contributed by atoms with van der Waals surface area (Å²) in [6.45, 7) is 0.948. The predicted octanol–water partition coefficient (Wildman–Crippen LogP) is 0.532. The molecule has 1 aliphatic heterocycles. The van der Waals surface area contributed by atoms with Gasteiger partial charge >= 0.3 is 0 Å². The molecule has 1 saturated carbocycles. The maximum atomic E-state index is 10.9. The Morgan fingerprint density at radius 1 is 1.44 bits per heavy atom. The minimum Gasteiger partial charge on any atom is -0.356 e. The van der Waals surface area contributed by atoms with Crippen LogP contribution in [0.15, 0.2) is 0 Å². The van der Waals surface area contributed by atoms with Crippen molar-refractivity contribution in [2.24, 2.45) is 11.8 Å². The molecule has 0 aromatic carbocycles. The lowest BCUT2D eigenvalue weighted by Gasteiger charge is -2.00. The molecular weight excluding hydrogens is 114 g/mol. The maximum Gasteiger partial charge on any atom is 0.223 e. The van der Waals surface area contributed by atoms with Crippen molar-refractivity contribution in [3.8, 4) is 0 Å². The Labute approximate surface area is 54.6 Å². The molecule has 2 rings (SSSR count). The molecule has 0 bridgehead atoms. The van der Waals surface area contributed by atoms with Crippen LogP contribution in [0.1, 0.15) is 19.3 Å². The van der Waals surface area contributed by atoms with E-state index in [1.54, 1.807) is 0 Å². The van der Waals surface area contributed by atoms with E-state index in [-0.39, 0.29) is 0 Å². The summed E-state index contributed by atoms with van der Waals surface area (Å²) in [7, 11) is 0. The molecule has 2 heteroatoms. The van der Waals surface area contributed by atoms with Crippen molar-refractivity contribution in [2.75, 3.05) is 6.54 Å². The van der Waals surface area contributed by atoms with E-state index in [9.17, 15) is 4.79 Å². The SMILES string of the molecule is O=C1NC[C@H]2CCC[C@H]12. The van der Waals surface area contributed by atoms with Crippen molar-refractivity contribution in [3.05, 3.63) is 0 Å². The van der Waals surface area contributed by atoms with E-state index >= 15 is 0 Å². The second-order valence-corrected chi connectivity index (χ2v) is 3.04. The third kappa shape index (κ3) is 0.655. The van der Waals surface area contributed by atoms with Crippen molar-refractivity contribution in [1.82, 2.24) is 5.32 Å². The first-order chi connectivity index (χ1) is 4.38. The van der Waals surface area contributed by atoms with Crippen LogP contribution >= 0.6 is 0 Å². The average Bonchev–Trinajstić information content (AvgIpc) is 2.35. The molecule has 1 heterocycles. The summed E-state index contributed by atoms with van der Waals surface area (Å²) in [4.78, 5) is 10.9. The molecule has 50 valence electrons. The smallest absolute Gasteiger partial charge is 0.223 e. The van der Waals surface area contributed by atoms with Crippen LogP contribution in [0.5, 0.6) is 0 Å². The molecule has 2 aliphatic rings. The molecule has 0 spiro atoms. The largest absolute Gasteiger partial charge is 0.356 e. The molecule has 0 aromatic heterocycles. The lowest BCUT2D eigenvalue weighted by Crippen LogP contribution is -2.18. The fourth-order valence-electron chi connectivity index (χ4n) is 1.99. The lowest BCUT2D eigenvalue weighted by molar-refractivity contribution is -0.122. The molecule has 2 fully saturated rings. The molecule has 0 aromatic rings. The standard InChI is InChI=1S/C7H11NO/c9-7-6-3-1-2-5(6)4-8-7/h5-6H,1-4H2,(H,8,9)/t5-,6+/m1/s1. The minimum atomic E-state index is 0.303. The number of carbonyl (C=O) groups is 1. The Balaban J connectivity index is 2.15. The average molecular weight is 125 g/mol. The van der Waals surface area contributed by atoms with Crippen LogP contribution < -0.4 is 5.32 Å². The van der Waals surface area contributed by atoms with Gasteiger partial charge < -0.3 is 5.32 Å². The second kappa shape index (κ2) is 1.72. The molecule has 0 radical (unpaired) electrons. The minimum absolute atomic E-state index is 0.303. The highest BCUT2D eigenvalue weighted by Gasteiger charge is 2.37. The first-order valence-electron chi connectivity index (χ1n) is 3.65. The normalized spacial score (nSPS) is 40.7. The number of carbonyl (C=O) groups excluding carboxylic acids is 1. The van der Waals surface area contributed by atoms with Gasteiger partial charge in [-0.25, -0.2) is 0 Å². The van der Waals surface area contributed by atoms with Gasteiger partial charge in [0.25, 0.3) is 0 Å². The van der Waals surface area contributed by atoms with Gasteiger partial charge in [-0.1, -0.05) is 6.42 Å². The Morgan fingerprint density at radius 3 is 3.11 bits per heavy atom. The monoisotopic (exact) mass is 125 g/mol. The van der Waals surface area contributed by atoms with Gasteiger partial charge in [-0.3, -0.25) is 4.79 Å². The Kier molecular flexibility index (Phi) is 1.01. The van der Waals surface area contributed by atoms with Gasteiger partial charge in [0.1, 0.15) is 0 Å². The summed E-state index contributed by atoms with van der Waals surface area (Å²) >= 11 is 0. The number of amides is 1. The molecule has 2 nitrogen and oxygen atoms in total. The van der Waals surface area contributed by atoms with E-state index in [1.807, 2.05) is 0 Å². The second-order valence-electron chi connectivity index (χ2n) is 3.04. The number of nitrogens with one attached hydrogen (secondary N) is 1. The molecular formula is C7H11NO. The summed E-state index contributed by atoms with van der Waals surface area (Å²) in [5.74, 6) is 1.39. The molecule has 0 unspecified atom stereocenters. The van der Waals surface area contributed by atoms with E-state index in [2.05, 4.69) is 5.32 Å². The lowest BCUT2D eigenvalue weighted by atomic mass is 10.0. The van der Waals surface area contributed by atoms with Crippen LogP contribution in [0.3, 0.4) is 0 Å². The molecule has 1 aliphatic carbocycles. The zero-order valence-electron chi connectivity index (χ0n) is 5.39. The Morgan fingerprint density at radius 2 is 2.33 bits per heavy atom. The van der Waals surface area contributed by atoms with Crippen LogP contribution in [-0.4, -0.2) is 12.5 Å². The molecule has 1 amide bonds. The van der Waals surface area contributed by atoms with Gasteiger partial charge in [0.05, 0.1) is 0 Å². The molecule has 2 atom stereocenters. The van der Waals surface area contributed by atoms with Crippen LogP contribution in [0.4, 0.5) is 0 Å². The van der Waals surface area contributed by atoms with Crippen molar-refractivity contribution < 1.29 is 4.79 Å². The summed E-state index contributed by atoms with van der Waals surface area (Å²) < 4.78 is 0. The maximum absolute atomic E-state index is 10.9. The predicted molar refractivity (Wildman–Crippen MR) is 33.8 cm³/mol. The highest BCUT2D eigenvalue weighted by atomic mass is 16.2. The van der Waals surface area contributed by atoms with Crippen molar-refractivity contribution >= 4 is 5.91 Å². The molecule has 1 N–H and O–H groups in total. The van der Waals surface area contributed by atoms with E-state index in [0.29, 0.717) is 17.7 Å². The van der Waals surface area contributed by atoms with Crippen LogP contribution in [-0.2, 0) is 4.79 Å². The number of hydrogen-bond donors (Lipinski definition) is 1. The summed E-state index contributed by atoms with van der Waals surface area (Å²) in [6, 6.07) is 0. The van der Waals surface area contributed by atoms with Gasteiger partial charge in [-0.05, 0) is 18.8 Å². The van der Waals surface area contributed by atoms with Gasteiger partial charge in [0, 0.05) is 12.5 Å². The summed E-state index contributed by atoms with van der Waals surface area (Å²) in [5, 5.41) is 2.88. The topological polar surface area (TPSA) is 29.1 Å². The van der Waals surface area contributed by atoms with E-state index in [0.717, 1.165) is 13.0 Å². The third-order valence-electron chi connectivity index (χ3n) is 2.53. The quantitative estimate of drug-likeness (QED) is 0.502. The summed E-state index contributed by atoms with van der Waals surface area (Å²) in [5.41, 5.74) is 0. The van der Waals surface area contributed by atoms with Gasteiger partial charge in [-0.15, -0.1) is 0 Å². The number of rotatable bonds is 0. The van der Waals surface area contributed by atoms with E-state index in [4.69, 9.17) is 0 Å². The Bertz CT molecular complexity index is 144. The van der Waals surface area contributed by atoms with E-state index in [1.165, 1.54) is 12.8 Å². The highest BCUT2D eigenvalue weighted by molar-refractivity contribution is 5.81. The highest BCUT2D eigenvalue weighted by Crippen LogP contribution is 2.34. The zero-order chi connectivity index (χ0) is 6.27. The fourth-order valence-corrected chi connectivity index (χ4v) is 1.99. The molecule has 9 heavy (non-hydrogen) atoms.